The van der Waals surface area contributed by atoms with Crippen molar-refractivity contribution in [3.63, 3.8) is 0 Å². The van der Waals surface area contributed by atoms with Gasteiger partial charge in [0.15, 0.2) is 0 Å². The first-order valence-corrected chi connectivity index (χ1v) is 11.0. The minimum atomic E-state index is -0.368. The van der Waals surface area contributed by atoms with Crippen LogP contribution in [-0.2, 0) is 16.1 Å². The summed E-state index contributed by atoms with van der Waals surface area (Å²) in [5, 5.41) is 7.53. The van der Waals surface area contributed by atoms with Gasteiger partial charge in [0.1, 0.15) is 0 Å². The molecule has 4 aromatic rings. The number of nitrogens with one attached hydrogen (secondary N) is 3. The number of para-hydroxylation sites is 1. The summed E-state index contributed by atoms with van der Waals surface area (Å²) in [6, 6.07) is 13.8. The highest BCUT2D eigenvalue weighted by molar-refractivity contribution is 9.10. The number of halogens is 1. The zero-order valence-corrected chi connectivity index (χ0v) is 18.5. The minimum Gasteiger partial charge on any atom is -0.361 e. The third kappa shape index (κ3) is 3.21. The van der Waals surface area contributed by atoms with Crippen LogP contribution in [0.25, 0.3) is 33.0 Å². The standard InChI is InChI=1S/C24H21BrN4O2/c1-26-10-5-11-29-13-16(20-17(25)7-4-9-19(20)29)22-21(23(30)28-24(22)31)15-12-27-18-8-3-2-6-14(15)18/h2-4,6-9,12-13,26-27H,5,10-11H2,1H3,(H,28,30,31). The number of aromatic amines is 1. The average Bonchev–Trinajstić information content (AvgIpc) is 3.42. The van der Waals surface area contributed by atoms with Gasteiger partial charge in [0.25, 0.3) is 11.8 Å². The van der Waals surface area contributed by atoms with Gasteiger partial charge in [-0.1, -0.05) is 40.2 Å². The van der Waals surface area contributed by atoms with Crippen LogP contribution in [0, 0.1) is 0 Å². The molecule has 1 aliphatic heterocycles. The second-order valence-corrected chi connectivity index (χ2v) is 8.46. The smallest absolute Gasteiger partial charge is 0.259 e. The van der Waals surface area contributed by atoms with E-state index in [2.05, 4.69) is 36.1 Å². The average molecular weight is 477 g/mol. The number of aryl methyl sites for hydroxylation is 1. The van der Waals surface area contributed by atoms with Gasteiger partial charge in [-0.3, -0.25) is 14.9 Å². The summed E-state index contributed by atoms with van der Waals surface area (Å²) in [4.78, 5) is 29.1. The topological polar surface area (TPSA) is 78.9 Å². The Labute approximate surface area is 187 Å². The Bertz CT molecular complexity index is 1380. The van der Waals surface area contributed by atoms with Gasteiger partial charge in [-0.2, -0.15) is 0 Å². The molecule has 0 saturated carbocycles. The fraction of sp³-hybridized carbons (Fsp3) is 0.167. The molecule has 0 atom stereocenters. The number of aromatic nitrogens is 2. The number of H-pyrrole nitrogens is 1. The Kier molecular flexibility index (Phi) is 5.00. The van der Waals surface area contributed by atoms with E-state index in [-0.39, 0.29) is 11.8 Å². The van der Waals surface area contributed by atoms with E-state index in [9.17, 15) is 9.59 Å². The Morgan fingerprint density at radius 3 is 2.58 bits per heavy atom. The maximum absolute atomic E-state index is 13.0. The van der Waals surface area contributed by atoms with Crippen molar-refractivity contribution in [1.29, 1.82) is 0 Å². The lowest BCUT2D eigenvalue weighted by Crippen LogP contribution is -2.22. The lowest BCUT2D eigenvalue weighted by atomic mass is 9.95. The number of carbonyl (C=O) groups is 2. The molecule has 6 nitrogen and oxygen atoms in total. The number of hydrogen-bond acceptors (Lipinski definition) is 3. The molecule has 0 bridgehead atoms. The molecular formula is C24H21BrN4O2. The molecule has 0 spiro atoms. The van der Waals surface area contributed by atoms with Crippen molar-refractivity contribution in [2.24, 2.45) is 0 Å². The first-order chi connectivity index (χ1) is 15.1. The number of amides is 2. The number of nitrogens with zero attached hydrogens (tertiary/aromatic N) is 1. The van der Waals surface area contributed by atoms with Crippen LogP contribution in [0.1, 0.15) is 17.5 Å². The van der Waals surface area contributed by atoms with E-state index < -0.39 is 0 Å². The van der Waals surface area contributed by atoms with Crippen molar-refractivity contribution in [1.82, 2.24) is 20.2 Å². The van der Waals surface area contributed by atoms with E-state index in [1.807, 2.05) is 55.7 Å². The van der Waals surface area contributed by atoms with E-state index in [4.69, 9.17) is 0 Å². The molecule has 2 aromatic heterocycles. The molecule has 2 amide bonds. The third-order valence-electron chi connectivity index (χ3n) is 5.74. The van der Waals surface area contributed by atoms with Gasteiger partial charge in [0, 0.05) is 56.3 Å². The summed E-state index contributed by atoms with van der Waals surface area (Å²) in [5.74, 6) is -0.733. The monoisotopic (exact) mass is 476 g/mol. The van der Waals surface area contributed by atoms with Gasteiger partial charge in [-0.15, -0.1) is 0 Å². The molecule has 31 heavy (non-hydrogen) atoms. The van der Waals surface area contributed by atoms with Crippen LogP contribution in [0.3, 0.4) is 0 Å². The lowest BCUT2D eigenvalue weighted by Gasteiger charge is -2.05. The Morgan fingerprint density at radius 1 is 1.00 bits per heavy atom. The highest BCUT2D eigenvalue weighted by Crippen LogP contribution is 2.40. The van der Waals surface area contributed by atoms with Gasteiger partial charge < -0.3 is 14.9 Å². The van der Waals surface area contributed by atoms with Crippen LogP contribution in [0.5, 0.6) is 0 Å². The first-order valence-electron chi connectivity index (χ1n) is 10.2. The fourth-order valence-electron chi connectivity index (χ4n) is 4.36. The van der Waals surface area contributed by atoms with Crippen molar-refractivity contribution in [2.75, 3.05) is 13.6 Å². The van der Waals surface area contributed by atoms with Gasteiger partial charge >= 0.3 is 0 Å². The number of imide groups is 1. The van der Waals surface area contributed by atoms with Crippen molar-refractivity contribution in [3.05, 3.63) is 70.5 Å². The summed E-state index contributed by atoms with van der Waals surface area (Å²) in [7, 11) is 1.93. The molecule has 2 aromatic carbocycles. The number of fused-ring (bicyclic) bond motifs is 2. The molecule has 1 aliphatic rings. The van der Waals surface area contributed by atoms with E-state index >= 15 is 0 Å². The van der Waals surface area contributed by atoms with Crippen LogP contribution in [0.15, 0.2) is 59.3 Å². The van der Waals surface area contributed by atoms with Crippen molar-refractivity contribution in [2.45, 2.75) is 13.0 Å². The highest BCUT2D eigenvalue weighted by Gasteiger charge is 2.35. The molecule has 0 aliphatic carbocycles. The van der Waals surface area contributed by atoms with Crippen LogP contribution in [0.2, 0.25) is 0 Å². The summed E-state index contributed by atoms with van der Waals surface area (Å²) in [6.07, 6.45) is 4.75. The summed E-state index contributed by atoms with van der Waals surface area (Å²) < 4.78 is 3.05. The van der Waals surface area contributed by atoms with E-state index in [0.29, 0.717) is 11.1 Å². The maximum Gasteiger partial charge on any atom is 0.259 e. The summed E-state index contributed by atoms with van der Waals surface area (Å²) in [5.41, 5.74) is 4.27. The quantitative estimate of drug-likeness (QED) is 0.290. The zero-order chi connectivity index (χ0) is 21.5. The van der Waals surface area contributed by atoms with Crippen molar-refractivity contribution >= 4 is 60.7 Å². The number of hydrogen-bond donors (Lipinski definition) is 3. The van der Waals surface area contributed by atoms with Crippen LogP contribution in [0.4, 0.5) is 0 Å². The van der Waals surface area contributed by atoms with Crippen molar-refractivity contribution in [3.8, 4) is 0 Å². The van der Waals surface area contributed by atoms with E-state index in [0.717, 1.165) is 56.9 Å². The predicted octanol–water partition coefficient (Wildman–Crippen LogP) is 4.06. The highest BCUT2D eigenvalue weighted by atomic mass is 79.9. The molecule has 3 heterocycles. The number of benzene rings is 2. The second-order valence-electron chi connectivity index (χ2n) is 7.61. The van der Waals surface area contributed by atoms with Gasteiger partial charge in [0.2, 0.25) is 0 Å². The molecule has 3 N–H and O–H groups in total. The largest absolute Gasteiger partial charge is 0.361 e. The zero-order valence-electron chi connectivity index (χ0n) is 17.0. The Hall–Kier alpha value is -3.16. The number of carbonyl (C=O) groups excluding carboxylic acids is 2. The maximum atomic E-state index is 13.0. The third-order valence-corrected chi connectivity index (χ3v) is 6.40. The molecule has 0 saturated heterocycles. The van der Waals surface area contributed by atoms with E-state index in [1.54, 1.807) is 6.20 Å². The molecule has 7 heteroatoms. The van der Waals surface area contributed by atoms with Crippen LogP contribution in [-0.4, -0.2) is 35.0 Å². The molecule has 0 radical (unpaired) electrons. The lowest BCUT2D eigenvalue weighted by molar-refractivity contribution is -0.122. The number of rotatable bonds is 6. The predicted molar refractivity (Wildman–Crippen MR) is 126 cm³/mol. The molecule has 156 valence electrons. The molecule has 5 rings (SSSR count). The van der Waals surface area contributed by atoms with Gasteiger partial charge in [-0.05, 0) is 38.2 Å². The van der Waals surface area contributed by atoms with Gasteiger partial charge in [-0.25, -0.2) is 0 Å². The first kappa shape index (κ1) is 19.8. The molecule has 0 unspecified atom stereocenters. The van der Waals surface area contributed by atoms with Crippen LogP contribution >= 0.6 is 15.9 Å². The summed E-state index contributed by atoms with van der Waals surface area (Å²) >= 11 is 3.66. The minimum absolute atomic E-state index is 0.365. The van der Waals surface area contributed by atoms with Gasteiger partial charge in [0.05, 0.1) is 11.1 Å². The van der Waals surface area contributed by atoms with Crippen molar-refractivity contribution < 1.29 is 9.59 Å². The normalized spacial score (nSPS) is 14.3. The fourth-order valence-corrected chi connectivity index (χ4v) is 4.93. The Morgan fingerprint density at radius 2 is 1.77 bits per heavy atom. The van der Waals surface area contributed by atoms with Crippen LogP contribution < -0.4 is 10.6 Å². The Balaban J connectivity index is 1.77. The SMILES string of the molecule is CNCCCn1cc(C2=C(c3c[nH]c4ccccc34)C(=O)NC2=O)c2c(Br)cccc21. The molecular weight excluding hydrogens is 456 g/mol. The van der Waals surface area contributed by atoms with E-state index in [1.165, 1.54) is 0 Å². The second kappa shape index (κ2) is 7.83. The molecule has 0 fully saturated rings. The summed E-state index contributed by atoms with van der Waals surface area (Å²) in [6.45, 7) is 1.70.